The molecule has 0 amide bonds. The smallest absolute Gasteiger partial charge is 0.258 e. The van der Waals surface area contributed by atoms with Crippen molar-refractivity contribution in [1.29, 1.82) is 0 Å². The van der Waals surface area contributed by atoms with Crippen molar-refractivity contribution >= 4 is 27.1 Å². The van der Waals surface area contributed by atoms with Gasteiger partial charge in [-0.1, -0.05) is 0 Å². The average molecular weight is 264 g/mol. The van der Waals surface area contributed by atoms with Crippen LogP contribution in [-0.4, -0.2) is 25.0 Å². The van der Waals surface area contributed by atoms with Crippen molar-refractivity contribution in [3.05, 3.63) is 33.9 Å². The molecule has 1 rings (SSSR count). The molecule has 0 aromatic heterocycles. The van der Waals surface area contributed by atoms with Gasteiger partial charge in [0.05, 0.1) is 15.6 Å². The number of halogens is 1. The second kappa shape index (κ2) is 4.80. The highest BCUT2D eigenvalue weighted by molar-refractivity contribution is 7.91. The van der Waals surface area contributed by atoms with Crippen molar-refractivity contribution in [1.82, 2.24) is 0 Å². The summed E-state index contributed by atoms with van der Waals surface area (Å²) < 4.78 is 23.3. The fourth-order valence-electron chi connectivity index (χ4n) is 1.23. The number of aryl methyl sites for hydroxylation is 1. The molecular weight excluding hydrogens is 254 g/mol. The first-order valence-corrected chi connectivity index (χ1v) is 6.60. The third kappa shape index (κ3) is 2.93. The van der Waals surface area contributed by atoms with Crippen LogP contribution in [-0.2, 0) is 9.84 Å². The third-order valence-electron chi connectivity index (χ3n) is 1.95. The molecule has 0 N–H and O–H groups in total. The van der Waals surface area contributed by atoms with Gasteiger partial charge in [0.2, 0.25) is 0 Å². The van der Waals surface area contributed by atoms with Gasteiger partial charge in [0, 0.05) is 18.0 Å². The van der Waals surface area contributed by atoms with E-state index in [1.54, 1.807) is 6.92 Å². The Labute approximate surface area is 98.1 Å². The lowest BCUT2D eigenvalue weighted by Crippen LogP contribution is -2.08. The van der Waals surface area contributed by atoms with E-state index >= 15 is 0 Å². The number of hydrogen-bond acceptors (Lipinski definition) is 4. The minimum absolute atomic E-state index is 0.0376. The molecule has 0 spiro atoms. The van der Waals surface area contributed by atoms with Gasteiger partial charge in [-0.05, 0) is 18.6 Å². The van der Waals surface area contributed by atoms with Crippen LogP contribution in [0.4, 0.5) is 5.69 Å². The summed E-state index contributed by atoms with van der Waals surface area (Å²) in [7, 11) is -3.53. The second-order valence-corrected chi connectivity index (χ2v) is 5.76. The predicted octanol–water partition coefficient (Wildman–Crippen LogP) is 1.92. The highest BCUT2D eigenvalue weighted by atomic mass is 35.5. The average Bonchev–Trinajstić information content (AvgIpc) is 2.16. The minimum Gasteiger partial charge on any atom is -0.258 e. The molecule has 0 aliphatic carbocycles. The molecule has 0 fully saturated rings. The van der Waals surface area contributed by atoms with Gasteiger partial charge >= 0.3 is 0 Å². The van der Waals surface area contributed by atoms with Crippen LogP contribution in [0.15, 0.2) is 23.1 Å². The molecule has 7 heteroatoms. The van der Waals surface area contributed by atoms with Crippen molar-refractivity contribution in [2.75, 3.05) is 11.6 Å². The number of benzene rings is 1. The number of sulfone groups is 1. The summed E-state index contributed by atoms with van der Waals surface area (Å²) in [4.78, 5) is 9.90. The standard InChI is InChI=1S/C9H10ClNO4S/c1-7-4-8(11(12)13)6-9(5-7)16(14,15)3-2-10/h4-6H,2-3H2,1H3. The van der Waals surface area contributed by atoms with Gasteiger partial charge in [-0.2, -0.15) is 0 Å². The van der Waals surface area contributed by atoms with Crippen LogP contribution in [0.5, 0.6) is 0 Å². The summed E-state index contributed by atoms with van der Waals surface area (Å²) in [6, 6.07) is 3.77. The van der Waals surface area contributed by atoms with Crippen molar-refractivity contribution in [3.63, 3.8) is 0 Å². The Hall–Kier alpha value is -1.14. The quantitative estimate of drug-likeness (QED) is 0.472. The number of nitro groups is 1. The molecule has 88 valence electrons. The number of non-ortho nitro benzene ring substituents is 1. The summed E-state index contributed by atoms with van der Waals surface area (Å²) in [5, 5.41) is 10.6. The first kappa shape index (κ1) is 12.9. The summed E-state index contributed by atoms with van der Waals surface area (Å²) in [5.74, 6) is -0.265. The Morgan fingerprint density at radius 1 is 1.38 bits per heavy atom. The van der Waals surface area contributed by atoms with Gasteiger partial charge in [-0.3, -0.25) is 10.1 Å². The van der Waals surface area contributed by atoms with E-state index in [2.05, 4.69) is 0 Å². The van der Waals surface area contributed by atoms with Gasteiger partial charge in [0.15, 0.2) is 9.84 Å². The van der Waals surface area contributed by atoms with Crippen LogP contribution >= 0.6 is 11.6 Å². The fourth-order valence-corrected chi connectivity index (χ4v) is 2.95. The lowest BCUT2D eigenvalue weighted by molar-refractivity contribution is -0.385. The maximum absolute atomic E-state index is 11.7. The number of hydrogen-bond donors (Lipinski definition) is 0. The van der Waals surface area contributed by atoms with E-state index in [0.29, 0.717) is 5.56 Å². The molecule has 0 aliphatic rings. The number of nitrogens with zero attached hydrogens (tertiary/aromatic N) is 1. The fraction of sp³-hybridized carbons (Fsp3) is 0.333. The van der Waals surface area contributed by atoms with Gasteiger partial charge in [-0.25, -0.2) is 8.42 Å². The zero-order valence-corrected chi connectivity index (χ0v) is 10.1. The molecule has 0 saturated carbocycles. The van der Waals surface area contributed by atoms with E-state index in [-0.39, 0.29) is 22.2 Å². The maximum atomic E-state index is 11.7. The normalized spacial score (nSPS) is 11.4. The lowest BCUT2D eigenvalue weighted by atomic mass is 10.2. The predicted molar refractivity (Wildman–Crippen MR) is 60.6 cm³/mol. The molecule has 0 saturated heterocycles. The molecule has 0 bridgehead atoms. The molecule has 0 unspecified atom stereocenters. The van der Waals surface area contributed by atoms with Gasteiger partial charge < -0.3 is 0 Å². The Balaban J connectivity index is 3.30. The first-order valence-electron chi connectivity index (χ1n) is 4.41. The van der Waals surface area contributed by atoms with E-state index in [0.717, 1.165) is 6.07 Å². The maximum Gasteiger partial charge on any atom is 0.270 e. The van der Waals surface area contributed by atoms with Crippen LogP contribution in [0, 0.1) is 17.0 Å². The van der Waals surface area contributed by atoms with Crippen LogP contribution in [0.3, 0.4) is 0 Å². The summed E-state index contributed by atoms with van der Waals surface area (Å²) >= 11 is 5.37. The van der Waals surface area contributed by atoms with Crippen LogP contribution in [0.2, 0.25) is 0 Å². The second-order valence-electron chi connectivity index (χ2n) is 3.27. The van der Waals surface area contributed by atoms with Crippen molar-refractivity contribution in [2.24, 2.45) is 0 Å². The largest absolute Gasteiger partial charge is 0.270 e. The van der Waals surface area contributed by atoms with Crippen LogP contribution in [0.25, 0.3) is 0 Å². The first-order chi connectivity index (χ1) is 7.36. The van der Waals surface area contributed by atoms with Crippen molar-refractivity contribution in [3.8, 4) is 0 Å². The van der Waals surface area contributed by atoms with Gasteiger partial charge in [0.1, 0.15) is 0 Å². The van der Waals surface area contributed by atoms with E-state index in [4.69, 9.17) is 11.6 Å². The molecule has 0 atom stereocenters. The number of alkyl halides is 1. The number of nitro benzene ring substituents is 1. The highest BCUT2D eigenvalue weighted by Crippen LogP contribution is 2.21. The van der Waals surface area contributed by atoms with E-state index in [9.17, 15) is 18.5 Å². The van der Waals surface area contributed by atoms with Crippen LogP contribution < -0.4 is 0 Å². The molecule has 1 aromatic rings. The molecule has 16 heavy (non-hydrogen) atoms. The molecule has 0 radical (unpaired) electrons. The lowest BCUT2D eigenvalue weighted by Gasteiger charge is -2.03. The van der Waals surface area contributed by atoms with Crippen molar-refractivity contribution < 1.29 is 13.3 Å². The topological polar surface area (TPSA) is 77.3 Å². The van der Waals surface area contributed by atoms with E-state index in [1.165, 1.54) is 12.1 Å². The summed E-state index contributed by atoms with van der Waals surface area (Å²) in [5.41, 5.74) is 0.301. The zero-order valence-electron chi connectivity index (χ0n) is 8.51. The summed E-state index contributed by atoms with van der Waals surface area (Å²) in [6.45, 7) is 1.60. The third-order valence-corrected chi connectivity index (χ3v) is 4.06. The van der Waals surface area contributed by atoms with Gasteiger partial charge in [0.25, 0.3) is 5.69 Å². The Morgan fingerprint density at radius 2 is 2.00 bits per heavy atom. The van der Waals surface area contributed by atoms with Gasteiger partial charge in [-0.15, -0.1) is 11.6 Å². The summed E-state index contributed by atoms with van der Waals surface area (Å²) in [6.07, 6.45) is 0. The van der Waals surface area contributed by atoms with E-state index < -0.39 is 14.8 Å². The van der Waals surface area contributed by atoms with Crippen molar-refractivity contribution in [2.45, 2.75) is 11.8 Å². The highest BCUT2D eigenvalue weighted by Gasteiger charge is 2.18. The van der Waals surface area contributed by atoms with Crippen LogP contribution in [0.1, 0.15) is 5.56 Å². The molecule has 0 heterocycles. The molecule has 5 nitrogen and oxygen atoms in total. The number of rotatable bonds is 4. The Kier molecular flexibility index (Phi) is 3.88. The molecule has 0 aliphatic heterocycles. The zero-order chi connectivity index (χ0) is 12.3. The minimum atomic E-state index is -3.53. The Morgan fingerprint density at radius 3 is 2.50 bits per heavy atom. The monoisotopic (exact) mass is 263 g/mol. The SMILES string of the molecule is Cc1cc([N+](=O)[O-])cc(S(=O)(=O)CCCl)c1. The Bertz CT molecular complexity index is 512. The molecular formula is C9H10ClNO4S. The van der Waals surface area contributed by atoms with E-state index in [1.807, 2.05) is 0 Å². The molecule has 1 aromatic carbocycles.